The first-order valence-corrected chi connectivity index (χ1v) is 5.73. The number of fused-ring (bicyclic) bond motifs is 1. The molecule has 0 atom stereocenters. The minimum atomic E-state index is -0.473. The summed E-state index contributed by atoms with van der Waals surface area (Å²) in [5.74, 6) is 0.743. The Balaban J connectivity index is 2.24. The first-order chi connectivity index (χ1) is 9.22. The molecule has 0 radical (unpaired) electrons. The van der Waals surface area contributed by atoms with Gasteiger partial charge in [0, 0.05) is 13.2 Å². The second-order valence-electron chi connectivity index (χ2n) is 3.85. The number of methoxy groups -OCH3 is 1. The molecule has 2 rings (SSSR count). The molecule has 4 heteroatoms. The van der Waals surface area contributed by atoms with Crippen LogP contribution < -0.4 is 9.47 Å². The zero-order valence-corrected chi connectivity index (χ0v) is 10.6. The van der Waals surface area contributed by atoms with Gasteiger partial charge in [-0.15, -0.1) is 0 Å². The summed E-state index contributed by atoms with van der Waals surface area (Å²) in [6.45, 7) is 3.57. The summed E-state index contributed by atoms with van der Waals surface area (Å²) in [6.07, 6.45) is 1.13. The van der Waals surface area contributed by atoms with Gasteiger partial charge < -0.3 is 14.2 Å². The second-order valence-corrected chi connectivity index (χ2v) is 3.85. The van der Waals surface area contributed by atoms with Gasteiger partial charge in [0.1, 0.15) is 11.5 Å². The lowest BCUT2D eigenvalue weighted by atomic mass is 10.1. The molecule has 4 nitrogen and oxygen atoms in total. The molecule has 0 bridgehead atoms. The van der Waals surface area contributed by atoms with Crippen molar-refractivity contribution in [2.45, 2.75) is 0 Å². The van der Waals surface area contributed by atoms with E-state index in [1.165, 1.54) is 0 Å². The van der Waals surface area contributed by atoms with E-state index in [2.05, 4.69) is 6.58 Å². The third-order valence-corrected chi connectivity index (χ3v) is 2.51. The molecule has 98 valence electrons. The fourth-order valence-corrected chi connectivity index (χ4v) is 1.64. The van der Waals surface area contributed by atoms with Crippen LogP contribution in [0, 0.1) is 0 Å². The summed E-state index contributed by atoms with van der Waals surface area (Å²) in [7, 11) is 1.57. The van der Waals surface area contributed by atoms with Crippen molar-refractivity contribution in [3.63, 3.8) is 0 Å². The Kier molecular flexibility index (Phi) is 4.15. The average Bonchev–Trinajstić information content (AvgIpc) is 2.44. The van der Waals surface area contributed by atoms with Crippen LogP contribution in [-0.4, -0.2) is 19.9 Å². The van der Waals surface area contributed by atoms with Crippen molar-refractivity contribution in [2.75, 3.05) is 13.9 Å². The molecule has 0 unspecified atom stereocenters. The molecule has 0 fully saturated rings. The number of esters is 1. The van der Waals surface area contributed by atoms with Gasteiger partial charge in [-0.05, 0) is 35.0 Å². The number of rotatable bonds is 5. The number of benzene rings is 2. The van der Waals surface area contributed by atoms with Crippen LogP contribution in [0.3, 0.4) is 0 Å². The van der Waals surface area contributed by atoms with Gasteiger partial charge in [-0.1, -0.05) is 18.7 Å². The Bertz CT molecular complexity index is 604. The standard InChI is InChI=1S/C15H14O4/c1-3-15(16)19-14-7-5-11-8-13(18-10-17-2)6-4-12(11)9-14/h3-9H,1,10H2,2H3. The number of carbonyl (C=O) groups excluding carboxylic acids is 1. The fourth-order valence-electron chi connectivity index (χ4n) is 1.64. The lowest BCUT2D eigenvalue weighted by molar-refractivity contribution is -0.128. The Morgan fingerprint density at radius 2 is 1.79 bits per heavy atom. The predicted molar refractivity (Wildman–Crippen MR) is 72.3 cm³/mol. The molecular weight excluding hydrogens is 244 g/mol. The molecular formula is C15H14O4. The van der Waals surface area contributed by atoms with Crippen LogP contribution in [0.15, 0.2) is 49.1 Å². The third-order valence-electron chi connectivity index (χ3n) is 2.51. The van der Waals surface area contributed by atoms with E-state index in [1.807, 2.05) is 24.3 Å². The van der Waals surface area contributed by atoms with E-state index in [-0.39, 0.29) is 6.79 Å². The van der Waals surface area contributed by atoms with Crippen molar-refractivity contribution >= 4 is 16.7 Å². The average molecular weight is 258 g/mol. The lowest BCUT2D eigenvalue weighted by Gasteiger charge is -2.07. The minimum absolute atomic E-state index is 0.209. The summed E-state index contributed by atoms with van der Waals surface area (Å²) in [4.78, 5) is 11.1. The van der Waals surface area contributed by atoms with Gasteiger partial charge in [0.25, 0.3) is 0 Å². The largest absolute Gasteiger partial charge is 0.468 e. The first-order valence-electron chi connectivity index (χ1n) is 5.73. The van der Waals surface area contributed by atoms with Crippen LogP contribution in [0.25, 0.3) is 10.8 Å². The van der Waals surface area contributed by atoms with Gasteiger partial charge in [-0.3, -0.25) is 0 Å². The maximum atomic E-state index is 11.1. The molecule has 0 amide bonds. The Morgan fingerprint density at radius 3 is 2.42 bits per heavy atom. The summed E-state index contributed by atoms with van der Waals surface area (Å²) in [6, 6.07) is 11.0. The van der Waals surface area contributed by atoms with E-state index in [9.17, 15) is 4.79 Å². The molecule has 0 aliphatic rings. The van der Waals surface area contributed by atoms with Crippen molar-refractivity contribution < 1.29 is 19.0 Å². The number of ether oxygens (including phenoxy) is 3. The van der Waals surface area contributed by atoms with Crippen molar-refractivity contribution in [3.8, 4) is 11.5 Å². The molecule has 2 aromatic carbocycles. The molecule has 0 aliphatic heterocycles. The Morgan fingerprint density at radius 1 is 1.16 bits per heavy atom. The van der Waals surface area contributed by atoms with Crippen molar-refractivity contribution in [1.82, 2.24) is 0 Å². The Hall–Kier alpha value is -2.33. The van der Waals surface area contributed by atoms with Gasteiger partial charge in [0.15, 0.2) is 6.79 Å². The van der Waals surface area contributed by atoms with Crippen LogP contribution in [0.5, 0.6) is 11.5 Å². The van der Waals surface area contributed by atoms with Crippen molar-refractivity contribution in [3.05, 3.63) is 49.1 Å². The van der Waals surface area contributed by atoms with Crippen LogP contribution in [0.1, 0.15) is 0 Å². The van der Waals surface area contributed by atoms with Crippen LogP contribution in [0.2, 0.25) is 0 Å². The summed E-state index contributed by atoms with van der Waals surface area (Å²) in [5, 5.41) is 1.95. The topological polar surface area (TPSA) is 44.8 Å². The van der Waals surface area contributed by atoms with Crippen molar-refractivity contribution in [1.29, 1.82) is 0 Å². The smallest absolute Gasteiger partial charge is 0.335 e. The molecule has 0 saturated carbocycles. The maximum Gasteiger partial charge on any atom is 0.335 e. The van der Waals surface area contributed by atoms with Crippen LogP contribution in [0.4, 0.5) is 0 Å². The highest BCUT2D eigenvalue weighted by Crippen LogP contribution is 2.25. The molecule has 0 spiro atoms. The maximum absolute atomic E-state index is 11.1. The SMILES string of the molecule is C=CC(=O)Oc1ccc2cc(OCOC)ccc2c1. The molecule has 0 heterocycles. The van der Waals surface area contributed by atoms with Crippen LogP contribution in [-0.2, 0) is 9.53 Å². The highest BCUT2D eigenvalue weighted by atomic mass is 16.7. The first kappa shape index (κ1) is 13.1. The molecule has 0 N–H and O–H groups in total. The number of carbonyl (C=O) groups is 1. The van der Waals surface area contributed by atoms with Crippen molar-refractivity contribution in [2.24, 2.45) is 0 Å². The summed E-state index contributed by atoms with van der Waals surface area (Å²) < 4.78 is 15.3. The Labute approximate surface area is 111 Å². The summed E-state index contributed by atoms with van der Waals surface area (Å²) in [5.41, 5.74) is 0. The van der Waals surface area contributed by atoms with Gasteiger partial charge in [-0.25, -0.2) is 4.79 Å². The van der Waals surface area contributed by atoms with Crippen LogP contribution >= 0.6 is 0 Å². The number of hydrogen-bond acceptors (Lipinski definition) is 4. The van der Waals surface area contributed by atoms with Gasteiger partial charge in [0.05, 0.1) is 0 Å². The van der Waals surface area contributed by atoms with E-state index >= 15 is 0 Å². The van der Waals surface area contributed by atoms with E-state index in [0.717, 1.165) is 22.6 Å². The normalized spacial score (nSPS) is 10.2. The highest BCUT2D eigenvalue weighted by Gasteiger charge is 2.02. The quantitative estimate of drug-likeness (QED) is 0.358. The minimum Gasteiger partial charge on any atom is -0.468 e. The monoisotopic (exact) mass is 258 g/mol. The van der Waals surface area contributed by atoms with E-state index in [0.29, 0.717) is 5.75 Å². The molecule has 0 aliphatic carbocycles. The van der Waals surface area contributed by atoms with Gasteiger partial charge in [0.2, 0.25) is 0 Å². The van der Waals surface area contributed by atoms with E-state index < -0.39 is 5.97 Å². The number of hydrogen-bond donors (Lipinski definition) is 0. The lowest BCUT2D eigenvalue weighted by Crippen LogP contribution is -2.02. The third kappa shape index (κ3) is 3.33. The molecule has 0 saturated heterocycles. The zero-order valence-electron chi connectivity index (χ0n) is 10.6. The zero-order chi connectivity index (χ0) is 13.7. The predicted octanol–water partition coefficient (Wildman–Crippen LogP) is 2.91. The van der Waals surface area contributed by atoms with Gasteiger partial charge >= 0.3 is 5.97 Å². The molecule has 19 heavy (non-hydrogen) atoms. The highest BCUT2D eigenvalue weighted by molar-refractivity contribution is 5.87. The van der Waals surface area contributed by atoms with Gasteiger partial charge in [-0.2, -0.15) is 0 Å². The van der Waals surface area contributed by atoms with E-state index in [4.69, 9.17) is 14.2 Å². The second kappa shape index (κ2) is 6.02. The fraction of sp³-hybridized carbons (Fsp3) is 0.133. The molecule has 0 aromatic heterocycles. The summed E-state index contributed by atoms with van der Waals surface area (Å²) >= 11 is 0. The molecule has 2 aromatic rings. The van der Waals surface area contributed by atoms with E-state index in [1.54, 1.807) is 19.2 Å².